The molecular weight excluding hydrogens is 260 g/mol. The molecule has 0 saturated heterocycles. The quantitative estimate of drug-likeness (QED) is 0.794. The van der Waals surface area contributed by atoms with E-state index in [2.05, 4.69) is 17.0 Å². The molecule has 1 aliphatic carbocycles. The van der Waals surface area contributed by atoms with Crippen molar-refractivity contribution < 1.29 is 13.5 Å². The molecule has 2 rings (SSSR count). The Kier molecular flexibility index (Phi) is 4.97. The van der Waals surface area contributed by atoms with Crippen LogP contribution in [0.3, 0.4) is 0 Å². The highest BCUT2D eigenvalue weighted by molar-refractivity contribution is 5.35. The lowest BCUT2D eigenvalue weighted by atomic mass is 9.67. The van der Waals surface area contributed by atoms with Gasteiger partial charge in [0.15, 0.2) is 0 Å². The predicted octanol–water partition coefficient (Wildman–Crippen LogP) is 4.52. The van der Waals surface area contributed by atoms with Crippen LogP contribution in [-0.4, -0.2) is 13.2 Å². The lowest BCUT2D eigenvalue weighted by Crippen LogP contribution is -2.40. The molecule has 1 aliphatic rings. The first-order valence-corrected chi connectivity index (χ1v) is 7.33. The smallest absolute Gasteiger partial charge is 0.387 e. The highest BCUT2D eigenvalue weighted by Gasteiger charge is 2.35. The fourth-order valence-corrected chi connectivity index (χ4v) is 2.85. The van der Waals surface area contributed by atoms with Crippen LogP contribution < -0.4 is 10.1 Å². The molecule has 2 nitrogen and oxygen atoms in total. The molecule has 0 spiro atoms. The maximum atomic E-state index is 12.4. The van der Waals surface area contributed by atoms with Crippen molar-refractivity contribution in [3.05, 3.63) is 29.8 Å². The molecule has 1 fully saturated rings. The standard InChI is InChI=1S/C16H23F2NO/c1-3-16(9-6-10-16)11-19-12(2)13-7-4-5-8-14(13)20-15(17)18/h4-5,7-8,12,15,19H,3,6,9-11H2,1-2H3. The van der Waals surface area contributed by atoms with Crippen molar-refractivity contribution in [2.24, 2.45) is 5.41 Å². The van der Waals surface area contributed by atoms with Crippen molar-refractivity contribution in [3.63, 3.8) is 0 Å². The van der Waals surface area contributed by atoms with Gasteiger partial charge in [0.05, 0.1) is 0 Å². The normalized spacial score (nSPS) is 18.6. The first-order chi connectivity index (χ1) is 9.56. The summed E-state index contributed by atoms with van der Waals surface area (Å²) in [7, 11) is 0. The van der Waals surface area contributed by atoms with E-state index in [0.29, 0.717) is 5.41 Å². The summed E-state index contributed by atoms with van der Waals surface area (Å²) in [5.74, 6) is 0.265. The van der Waals surface area contributed by atoms with Gasteiger partial charge in [-0.3, -0.25) is 0 Å². The average molecular weight is 283 g/mol. The van der Waals surface area contributed by atoms with Gasteiger partial charge in [-0.1, -0.05) is 31.5 Å². The molecule has 0 aromatic heterocycles. The summed E-state index contributed by atoms with van der Waals surface area (Å²) >= 11 is 0. The van der Waals surface area contributed by atoms with E-state index in [1.807, 2.05) is 19.1 Å². The van der Waals surface area contributed by atoms with Gasteiger partial charge in [-0.25, -0.2) is 0 Å². The maximum absolute atomic E-state index is 12.4. The number of ether oxygens (including phenoxy) is 1. The fourth-order valence-electron chi connectivity index (χ4n) is 2.85. The molecule has 0 amide bonds. The Labute approximate surface area is 119 Å². The van der Waals surface area contributed by atoms with Gasteiger partial charge >= 0.3 is 6.61 Å². The molecule has 1 aromatic carbocycles. The average Bonchev–Trinajstić information content (AvgIpc) is 2.37. The third kappa shape index (κ3) is 3.48. The molecule has 1 unspecified atom stereocenters. The molecule has 1 saturated carbocycles. The second kappa shape index (κ2) is 6.53. The molecule has 0 radical (unpaired) electrons. The van der Waals surface area contributed by atoms with Gasteiger partial charge in [0, 0.05) is 18.2 Å². The van der Waals surface area contributed by atoms with Gasteiger partial charge in [-0.05, 0) is 37.7 Å². The number of halogens is 2. The van der Waals surface area contributed by atoms with Crippen LogP contribution in [0.1, 0.15) is 51.1 Å². The number of hydrogen-bond acceptors (Lipinski definition) is 2. The van der Waals surface area contributed by atoms with Crippen LogP contribution in [0, 0.1) is 5.41 Å². The van der Waals surface area contributed by atoms with Gasteiger partial charge in [0.2, 0.25) is 0 Å². The minimum atomic E-state index is -2.78. The Morgan fingerprint density at radius 3 is 2.55 bits per heavy atom. The topological polar surface area (TPSA) is 21.3 Å². The molecule has 0 heterocycles. The molecule has 112 valence electrons. The van der Waals surface area contributed by atoms with Crippen molar-refractivity contribution in [2.45, 2.75) is 52.2 Å². The number of para-hydroxylation sites is 1. The lowest BCUT2D eigenvalue weighted by Gasteiger charge is -2.42. The van der Waals surface area contributed by atoms with Crippen LogP contribution >= 0.6 is 0 Å². The summed E-state index contributed by atoms with van der Waals surface area (Å²) in [6, 6.07) is 7.01. The monoisotopic (exact) mass is 283 g/mol. The van der Waals surface area contributed by atoms with Gasteiger partial charge in [0.1, 0.15) is 5.75 Å². The van der Waals surface area contributed by atoms with Gasteiger partial charge in [-0.15, -0.1) is 0 Å². The van der Waals surface area contributed by atoms with E-state index in [9.17, 15) is 8.78 Å². The summed E-state index contributed by atoms with van der Waals surface area (Å²) in [5.41, 5.74) is 1.20. The Morgan fingerprint density at radius 1 is 1.30 bits per heavy atom. The summed E-state index contributed by atoms with van der Waals surface area (Å²) in [5, 5.41) is 3.48. The van der Waals surface area contributed by atoms with E-state index in [0.717, 1.165) is 12.1 Å². The van der Waals surface area contributed by atoms with Crippen LogP contribution in [-0.2, 0) is 0 Å². The van der Waals surface area contributed by atoms with E-state index in [1.54, 1.807) is 12.1 Å². The zero-order valence-electron chi connectivity index (χ0n) is 12.2. The maximum Gasteiger partial charge on any atom is 0.387 e. The molecule has 4 heteroatoms. The minimum Gasteiger partial charge on any atom is -0.434 e. The Balaban J connectivity index is 1.99. The van der Waals surface area contributed by atoms with Crippen LogP contribution in [0.4, 0.5) is 8.78 Å². The Hall–Kier alpha value is -1.16. The number of nitrogens with one attached hydrogen (secondary N) is 1. The molecule has 0 bridgehead atoms. The van der Waals surface area contributed by atoms with Crippen molar-refractivity contribution >= 4 is 0 Å². The molecule has 20 heavy (non-hydrogen) atoms. The predicted molar refractivity (Wildman–Crippen MR) is 76.1 cm³/mol. The highest BCUT2D eigenvalue weighted by atomic mass is 19.3. The Bertz CT molecular complexity index is 427. The Morgan fingerprint density at radius 2 is 2.00 bits per heavy atom. The summed E-state index contributed by atoms with van der Waals surface area (Å²) in [4.78, 5) is 0. The number of hydrogen-bond donors (Lipinski definition) is 1. The zero-order valence-corrected chi connectivity index (χ0v) is 12.2. The van der Waals surface area contributed by atoms with Crippen molar-refractivity contribution in [2.75, 3.05) is 6.54 Å². The summed E-state index contributed by atoms with van der Waals surface area (Å²) in [6.07, 6.45) is 4.99. The van der Waals surface area contributed by atoms with Crippen LogP contribution in [0.5, 0.6) is 5.75 Å². The van der Waals surface area contributed by atoms with Crippen molar-refractivity contribution in [1.29, 1.82) is 0 Å². The summed E-state index contributed by atoms with van der Waals surface area (Å²) < 4.78 is 29.4. The van der Waals surface area contributed by atoms with Crippen LogP contribution in [0.25, 0.3) is 0 Å². The lowest BCUT2D eigenvalue weighted by molar-refractivity contribution is -0.0507. The minimum absolute atomic E-state index is 0.00831. The first kappa shape index (κ1) is 15.2. The first-order valence-electron chi connectivity index (χ1n) is 7.33. The SMILES string of the molecule is CCC1(CNC(C)c2ccccc2OC(F)F)CCC1. The molecule has 0 aliphatic heterocycles. The van der Waals surface area contributed by atoms with E-state index >= 15 is 0 Å². The molecule has 1 aromatic rings. The zero-order chi connectivity index (χ0) is 14.6. The highest BCUT2D eigenvalue weighted by Crippen LogP contribution is 2.43. The van der Waals surface area contributed by atoms with Crippen LogP contribution in [0.15, 0.2) is 24.3 Å². The van der Waals surface area contributed by atoms with Gasteiger partial charge in [-0.2, -0.15) is 8.78 Å². The second-order valence-corrected chi connectivity index (χ2v) is 5.73. The van der Waals surface area contributed by atoms with Crippen LogP contribution in [0.2, 0.25) is 0 Å². The number of alkyl halides is 2. The van der Waals surface area contributed by atoms with Gasteiger partial charge in [0.25, 0.3) is 0 Å². The molecule has 1 N–H and O–H groups in total. The van der Waals surface area contributed by atoms with Gasteiger partial charge < -0.3 is 10.1 Å². The molecular formula is C16H23F2NO. The van der Waals surface area contributed by atoms with E-state index in [1.165, 1.54) is 25.7 Å². The summed E-state index contributed by atoms with van der Waals surface area (Å²) in [6.45, 7) is 2.37. The third-order valence-electron chi connectivity index (χ3n) is 4.55. The number of benzene rings is 1. The third-order valence-corrected chi connectivity index (χ3v) is 4.55. The number of rotatable bonds is 7. The van der Waals surface area contributed by atoms with E-state index < -0.39 is 6.61 Å². The van der Waals surface area contributed by atoms with Crippen molar-refractivity contribution in [1.82, 2.24) is 5.32 Å². The molecule has 1 atom stereocenters. The fraction of sp³-hybridized carbons (Fsp3) is 0.625. The largest absolute Gasteiger partial charge is 0.434 e. The van der Waals surface area contributed by atoms with Crippen molar-refractivity contribution in [3.8, 4) is 5.75 Å². The van der Waals surface area contributed by atoms with E-state index in [4.69, 9.17) is 0 Å². The second-order valence-electron chi connectivity index (χ2n) is 5.73. The van der Waals surface area contributed by atoms with E-state index in [-0.39, 0.29) is 11.8 Å².